The number of esters is 1. The van der Waals surface area contributed by atoms with Crippen LogP contribution in [-0.4, -0.2) is 48.7 Å². The lowest BCUT2D eigenvalue weighted by atomic mass is 9.93. The number of nitrogens with zero attached hydrogens (tertiary/aromatic N) is 2. The molecule has 0 saturated carbocycles. The van der Waals surface area contributed by atoms with Crippen molar-refractivity contribution in [1.29, 1.82) is 0 Å². The van der Waals surface area contributed by atoms with E-state index >= 15 is 0 Å². The van der Waals surface area contributed by atoms with Gasteiger partial charge in [0.25, 0.3) is 5.91 Å². The van der Waals surface area contributed by atoms with E-state index in [9.17, 15) is 9.59 Å². The highest BCUT2D eigenvalue weighted by Gasteiger charge is 2.28. The molecule has 51 heavy (non-hydrogen) atoms. The van der Waals surface area contributed by atoms with Gasteiger partial charge in [0.2, 0.25) is 0 Å². The molecule has 1 aromatic heterocycles. The Morgan fingerprint density at radius 3 is 2.04 bits per heavy atom. The molecule has 5 aromatic rings. The second-order valence-corrected chi connectivity index (χ2v) is 12.7. The average Bonchev–Trinajstić information content (AvgIpc) is 3.59. The fourth-order valence-electron chi connectivity index (χ4n) is 5.75. The Kier molecular flexibility index (Phi) is 13.0. The number of benzene rings is 4. The van der Waals surface area contributed by atoms with Crippen molar-refractivity contribution in [3.63, 3.8) is 0 Å². The number of rotatable bonds is 17. The van der Waals surface area contributed by atoms with E-state index in [4.69, 9.17) is 18.7 Å². The molecule has 1 amide bonds. The van der Waals surface area contributed by atoms with Crippen molar-refractivity contribution < 1.29 is 28.3 Å². The molecule has 0 bridgehead atoms. The molecule has 0 radical (unpaired) electrons. The van der Waals surface area contributed by atoms with Crippen LogP contribution in [0.2, 0.25) is 0 Å². The highest BCUT2D eigenvalue weighted by atomic mass is 16.5. The minimum Gasteiger partial charge on any atom is -0.488 e. The molecule has 5 rings (SSSR count). The average molecular weight is 690 g/mol. The zero-order valence-corrected chi connectivity index (χ0v) is 30.1. The lowest BCUT2D eigenvalue weighted by molar-refractivity contribution is -0.143. The molecule has 4 aromatic carbocycles. The van der Waals surface area contributed by atoms with E-state index in [1.54, 1.807) is 6.92 Å². The molecule has 0 aliphatic carbocycles. The summed E-state index contributed by atoms with van der Waals surface area (Å²) < 4.78 is 24.1. The van der Waals surface area contributed by atoms with E-state index in [1.807, 2.05) is 111 Å². The maximum Gasteiger partial charge on any atom is 0.307 e. The van der Waals surface area contributed by atoms with Gasteiger partial charge in [-0.15, -0.1) is 0 Å². The third kappa shape index (κ3) is 9.86. The summed E-state index contributed by atoms with van der Waals surface area (Å²) in [5.41, 5.74) is 6.29. The Bertz CT molecular complexity index is 1870. The molecule has 1 heterocycles. The second kappa shape index (κ2) is 18.0. The van der Waals surface area contributed by atoms with Crippen molar-refractivity contribution in [2.24, 2.45) is 0 Å². The number of hydrogen-bond acceptors (Lipinski definition) is 8. The topological polar surface area (TPSA) is 103 Å². The Balaban J connectivity index is 1.55. The monoisotopic (exact) mass is 689 g/mol. The molecule has 0 atom stereocenters. The molecule has 1 N–H and O–H groups in total. The van der Waals surface area contributed by atoms with Crippen LogP contribution >= 0.6 is 0 Å². The zero-order chi connectivity index (χ0) is 36.2. The molecule has 9 nitrogen and oxygen atoms in total. The summed E-state index contributed by atoms with van der Waals surface area (Å²) in [5, 5.41) is 7.20. The number of hydrogen-bond donors (Lipinski definition) is 1. The number of amides is 1. The van der Waals surface area contributed by atoms with Gasteiger partial charge in [-0.1, -0.05) is 104 Å². The summed E-state index contributed by atoms with van der Waals surface area (Å²) in [5.74, 6) is 1.25. The van der Waals surface area contributed by atoms with Gasteiger partial charge in [0.15, 0.2) is 11.5 Å². The molecule has 0 unspecified atom stereocenters. The summed E-state index contributed by atoms with van der Waals surface area (Å²) in [6.45, 7) is 10.6. The molecule has 0 aliphatic heterocycles. The molecule has 0 spiro atoms. The van der Waals surface area contributed by atoms with Gasteiger partial charge >= 0.3 is 5.97 Å². The first-order valence-corrected chi connectivity index (χ1v) is 17.5. The van der Waals surface area contributed by atoms with Crippen molar-refractivity contribution in [2.75, 3.05) is 26.7 Å². The first-order chi connectivity index (χ1) is 24.8. The zero-order valence-electron chi connectivity index (χ0n) is 30.1. The minimum atomic E-state index is -0.330. The lowest BCUT2D eigenvalue weighted by Crippen LogP contribution is -2.23. The Morgan fingerprint density at radius 1 is 0.824 bits per heavy atom. The third-order valence-corrected chi connectivity index (χ3v) is 8.40. The van der Waals surface area contributed by atoms with Crippen molar-refractivity contribution in [2.45, 2.75) is 59.8 Å². The fourth-order valence-corrected chi connectivity index (χ4v) is 5.75. The number of ether oxygens (including phenoxy) is 3. The summed E-state index contributed by atoms with van der Waals surface area (Å²) in [6, 6.07) is 31.9. The van der Waals surface area contributed by atoms with E-state index in [0.717, 1.165) is 27.8 Å². The maximum absolute atomic E-state index is 13.4. The predicted octanol–water partition coefficient (Wildman–Crippen LogP) is 8.42. The summed E-state index contributed by atoms with van der Waals surface area (Å²) in [7, 11) is 1.97. The second-order valence-electron chi connectivity index (χ2n) is 12.7. The van der Waals surface area contributed by atoms with Crippen LogP contribution in [0, 0.1) is 0 Å². The van der Waals surface area contributed by atoms with Crippen molar-refractivity contribution in [1.82, 2.24) is 15.4 Å². The van der Waals surface area contributed by atoms with Crippen LogP contribution in [0.25, 0.3) is 22.5 Å². The van der Waals surface area contributed by atoms with Gasteiger partial charge in [0.05, 0.1) is 24.2 Å². The third-order valence-electron chi connectivity index (χ3n) is 8.40. The quantitative estimate of drug-likeness (QED) is 0.0971. The Hall–Kier alpha value is -5.41. The van der Waals surface area contributed by atoms with Crippen LogP contribution in [0.3, 0.4) is 0 Å². The molecule has 0 aliphatic rings. The smallest absolute Gasteiger partial charge is 0.307 e. The first-order valence-electron chi connectivity index (χ1n) is 17.5. The number of aromatic nitrogens is 1. The van der Waals surface area contributed by atoms with Crippen LogP contribution < -0.4 is 14.8 Å². The van der Waals surface area contributed by atoms with Gasteiger partial charge in [0, 0.05) is 25.7 Å². The molecule has 0 saturated heterocycles. The van der Waals surface area contributed by atoms with Crippen molar-refractivity contribution in [3.8, 4) is 33.9 Å². The van der Waals surface area contributed by atoms with Crippen LogP contribution in [-0.2, 0) is 29.3 Å². The van der Waals surface area contributed by atoms with Gasteiger partial charge in [-0.2, -0.15) is 0 Å². The van der Waals surface area contributed by atoms with Crippen LogP contribution in [0.1, 0.15) is 72.8 Å². The largest absolute Gasteiger partial charge is 0.488 e. The first kappa shape index (κ1) is 36.9. The van der Waals surface area contributed by atoms with E-state index in [0.29, 0.717) is 74.3 Å². The maximum atomic E-state index is 13.4. The molecule has 266 valence electrons. The van der Waals surface area contributed by atoms with Crippen molar-refractivity contribution in [3.05, 3.63) is 125 Å². The van der Waals surface area contributed by atoms with Crippen LogP contribution in [0.5, 0.6) is 11.5 Å². The SMILES string of the molecule is CCNC(=O)c1noc(-c2cc(C(C)C)c(OCc3ccccc3)cc2OCc2ccccc2)c1-c1ccc(CN(C)CCC(=O)OCC)cc1. The number of nitrogens with one attached hydrogen (secondary N) is 1. The molecular formula is C42H47N3O6. The van der Waals surface area contributed by atoms with Crippen LogP contribution in [0.4, 0.5) is 0 Å². The predicted molar refractivity (Wildman–Crippen MR) is 199 cm³/mol. The molecule has 9 heteroatoms. The van der Waals surface area contributed by atoms with Gasteiger partial charge in [-0.05, 0) is 60.7 Å². The van der Waals surface area contributed by atoms with E-state index in [2.05, 4.69) is 29.2 Å². The number of carbonyl (C=O) groups excluding carboxylic acids is 2. The Labute approximate surface area is 300 Å². The van der Waals surface area contributed by atoms with Gasteiger partial charge < -0.3 is 29.0 Å². The van der Waals surface area contributed by atoms with E-state index < -0.39 is 0 Å². The molecular weight excluding hydrogens is 642 g/mol. The van der Waals surface area contributed by atoms with Crippen molar-refractivity contribution >= 4 is 11.9 Å². The van der Waals surface area contributed by atoms with E-state index in [1.165, 1.54) is 0 Å². The Morgan fingerprint density at radius 2 is 1.45 bits per heavy atom. The standard InChI is InChI=1S/C42H47N3O6/c1-6-43-42(47)40-39(33-20-18-30(19-21-33)26-45(5)23-22-38(46)48-7-2)41(51-44-40)35-24-34(29(3)4)36(49-27-31-14-10-8-11-15-31)25-37(35)50-28-32-16-12-9-13-17-32/h8-21,24-25,29H,6-7,22-23,26-28H2,1-5H3,(H,43,47). The minimum absolute atomic E-state index is 0.104. The highest BCUT2D eigenvalue weighted by Crippen LogP contribution is 2.44. The van der Waals surface area contributed by atoms with E-state index in [-0.39, 0.29) is 23.5 Å². The van der Waals surface area contributed by atoms with Gasteiger partial charge in [-0.25, -0.2) is 0 Å². The summed E-state index contributed by atoms with van der Waals surface area (Å²) in [6.07, 6.45) is 0.325. The summed E-state index contributed by atoms with van der Waals surface area (Å²) >= 11 is 0. The molecule has 0 fully saturated rings. The normalized spacial score (nSPS) is 11.1. The van der Waals surface area contributed by atoms with Gasteiger partial charge in [-0.3, -0.25) is 9.59 Å². The van der Waals surface area contributed by atoms with Gasteiger partial charge in [0.1, 0.15) is 24.7 Å². The summed E-state index contributed by atoms with van der Waals surface area (Å²) in [4.78, 5) is 27.3. The fraction of sp³-hybridized carbons (Fsp3) is 0.310. The highest BCUT2D eigenvalue weighted by molar-refractivity contribution is 6.02. The number of carbonyl (C=O) groups is 2. The van der Waals surface area contributed by atoms with Crippen LogP contribution in [0.15, 0.2) is 102 Å². The lowest BCUT2D eigenvalue weighted by Gasteiger charge is -2.19.